The first kappa shape index (κ1) is 22.9. The lowest BCUT2D eigenvalue weighted by molar-refractivity contribution is 0.0935. The fraction of sp³-hybridized carbons (Fsp3) is 0.0800. The minimum Gasteiger partial charge on any atom is -0.382 e. The number of aromatic nitrogens is 6. The molecule has 0 aliphatic carbocycles. The molecule has 0 radical (unpaired) electrons. The molecule has 4 N–H and O–H groups in total. The second-order valence-corrected chi connectivity index (χ2v) is 8.33. The number of fused-ring (bicyclic) bond motifs is 1. The Kier molecular flexibility index (Phi) is 5.98. The largest absolute Gasteiger partial charge is 0.382 e. The summed E-state index contributed by atoms with van der Waals surface area (Å²) in [4.78, 5) is 26.7. The zero-order valence-electron chi connectivity index (χ0n) is 18.9. The molecule has 0 aliphatic rings. The standard InChI is InChI=1S/C25H18ClN9O/c1-13(18-9-5-8-16(12-27)30-18)29-25(36)23-24(28)32-20(14-6-3-2-4-7-14)21(31-23)15-10-17(26)22-19(11-15)33-35-34-22/h2-11,13H,1H3,(H2,28,32)(H,29,36)(H,33,34,35). The number of nitrogens with zero attached hydrogens (tertiary/aromatic N) is 6. The molecule has 5 aromatic rings. The number of aromatic amines is 1. The van der Waals surface area contributed by atoms with Gasteiger partial charge in [0, 0.05) is 11.1 Å². The Morgan fingerprint density at radius 2 is 1.81 bits per heavy atom. The van der Waals surface area contributed by atoms with Gasteiger partial charge in [-0.2, -0.15) is 20.7 Å². The molecule has 1 atom stereocenters. The van der Waals surface area contributed by atoms with Gasteiger partial charge in [0.1, 0.15) is 22.8 Å². The number of rotatable bonds is 5. The number of pyridine rings is 1. The van der Waals surface area contributed by atoms with E-state index in [0.29, 0.717) is 38.7 Å². The van der Waals surface area contributed by atoms with Crippen LogP contribution in [0.15, 0.2) is 60.7 Å². The maximum absolute atomic E-state index is 13.2. The Morgan fingerprint density at radius 3 is 2.58 bits per heavy atom. The molecule has 0 saturated carbocycles. The molecule has 2 aromatic carbocycles. The predicted octanol–water partition coefficient (Wildman–Crippen LogP) is 4.08. The minimum atomic E-state index is -0.536. The third kappa shape index (κ3) is 4.31. The van der Waals surface area contributed by atoms with E-state index in [1.165, 1.54) is 0 Å². The predicted molar refractivity (Wildman–Crippen MR) is 135 cm³/mol. The zero-order chi connectivity index (χ0) is 25.2. The van der Waals surface area contributed by atoms with Crippen LogP contribution in [0.4, 0.5) is 5.82 Å². The fourth-order valence-corrected chi connectivity index (χ4v) is 4.01. The number of hydrogen-bond acceptors (Lipinski definition) is 8. The van der Waals surface area contributed by atoms with Gasteiger partial charge >= 0.3 is 0 Å². The number of benzene rings is 2. The summed E-state index contributed by atoms with van der Waals surface area (Å²) in [6.45, 7) is 1.75. The number of H-pyrrole nitrogens is 1. The van der Waals surface area contributed by atoms with Crippen molar-refractivity contribution in [2.45, 2.75) is 13.0 Å². The SMILES string of the molecule is CC(NC(=O)c1nc(-c2cc(Cl)c3n[nH]nc3c2)c(-c2ccccc2)nc1N)c1cccc(C#N)n1. The van der Waals surface area contributed by atoms with Crippen LogP contribution in [0.25, 0.3) is 33.5 Å². The highest BCUT2D eigenvalue weighted by atomic mass is 35.5. The van der Waals surface area contributed by atoms with Crippen molar-refractivity contribution in [3.05, 3.63) is 82.8 Å². The summed E-state index contributed by atoms with van der Waals surface area (Å²) in [6, 6.07) is 19.3. The fourth-order valence-electron chi connectivity index (χ4n) is 3.75. The smallest absolute Gasteiger partial charge is 0.274 e. The Morgan fingerprint density at radius 1 is 1.03 bits per heavy atom. The number of halogens is 1. The number of nitrogen functional groups attached to an aromatic ring is 1. The Bertz CT molecular complexity index is 1640. The molecule has 176 valence electrons. The number of carbonyl (C=O) groups is 1. The molecular formula is C25H18ClN9O. The van der Waals surface area contributed by atoms with Gasteiger partial charge in [-0.15, -0.1) is 0 Å². The molecule has 1 unspecified atom stereocenters. The summed E-state index contributed by atoms with van der Waals surface area (Å²) in [5.74, 6) is -0.569. The summed E-state index contributed by atoms with van der Waals surface area (Å²) in [5.41, 5.74) is 10.3. The van der Waals surface area contributed by atoms with Crippen LogP contribution in [0.5, 0.6) is 0 Å². The van der Waals surface area contributed by atoms with Crippen molar-refractivity contribution < 1.29 is 4.79 Å². The van der Waals surface area contributed by atoms with E-state index in [1.807, 2.05) is 36.4 Å². The van der Waals surface area contributed by atoms with Gasteiger partial charge < -0.3 is 11.1 Å². The third-order valence-electron chi connectivity index (χ3n) is 5.51. The highest BCUT2D eigenvalue weighted by Gasteiger charge is 2.23. The first-order valence-electron chi connectivity index (χ1n) is 10.9. The van der Waals surface area contributed by atoms with Crippen molar-refractivity contribution >= 4 is 34.4 Å². The molecule has 0 aliphatic heterocycles. The lowest BCUT2D eigenvalue weighted by Crippen LogP contribution is -2.29. The third-order valence-corrected chi connectivity index (χ3v) is 5.80. The quantitative estimate of drug-likeness (QED) is 0.329. The number of nitriles is 1. The second kappa shape index (κ2) is 9.40. The number of anilines is 1. The van der Waals surface area contributed by atoms with Crippen molar-refractivity contribution in [2.24, 2.45) is 0 Å². The van der Waals surface area contributed by atoms with E-state index >= 15 is 0 Å². The second-order valence-electron chi connectivity index (χ2n) is 7.92. The van der Waals surface area contributed by atoms with E-state index in [-0.39, 0.29) is 17.2 Å². The van der Waals surface area contributed by atoms with Gasteiger partial charge in [0.25, 0.3) is 5.91 Å². The van der Waals surface area contributed by atoms with Gasteiger partial charge in [-0.25, -0.2) is 15.0 Å². The van der Waals surface area contributed by atoms with E-state index in [4.69, 9.17) is 22.6 Å². The van der Waals surface area contributed by atoms with Crippen LogP contribution >= 0.6 is 11.6 Å². The number of nitrogens with two attached hydrogens (primary N) is 1. The highest BCUT2D eigenvalue weighted by molar-refractivity contribution is 6.35. The van der Waals surface area contributed by atoms with Crippen LogP contribution in [-0.4, -0.2) is 36.3 Å². The molecular weight excluding hydrogens is 478 g/mol. The number of amides is 1. The number of hydrogen-bond donors (Lipinski definition) is 3. The van der Waals surface area contributed by atoms with Crippen molar-refractivity contribution in [3.8, 4) is 28.6 Å². The molecule has 36 heavy (non-hydrogen) atoms. The van der Waals surface area contributed by atoms with Crippen LogP contribution in [0.1, 0.15) is 34.8 Å². The molecule has 11 heteroatoms. The maximum Gasteiger partial charge on any atom is 0.274 e. The Balaban J connectivity index is 1.59. The van der Waals surface area contributed by atoms with Gasteiger partial charge in [0.2, 0.25) is 0 Å². The normalized spacial score (nSPS) is 11.7. The summed E-state index contributed by atoms with van der Waals surface area (Å²) < 4.78 is 0. The van der Waals surface area contributed by atoms with Gasteiger partial charge in [0.15, 0.2) is 11.5 Å². The van der Waals surface area contributed by atoms with Crippen LogP contribution in [0.2, 0.25) is 5.02 Å². The van der Waals surface area contributed by atoms with E-state index in [9.17, 15) is 4.79 Å². The van der Waals surface area contributed by atoms with Gasteiger partial charge in [-0.05, 0) is 31.2 Å². The molecule has 3 aromatic heterocycles. The molecule has 0 bridgehead atoms. The van der Waals surface area contributed by atoms with Crippen LogP contribution in [0, 0.1) is 11.3 Å². The average molecular weight is 496 g/mol. The van der Waals surface area contributed by atoms with Crippen molar-refractivity contribution in [2.75, 3.05) is 5.73 Å². The first-order valence-corrected chi connectivity index (χ1v) is 11.2. The molecule has 5 rings (SSSR count). The zero-order valence-corrected chi connectivity index (χ0v) is 19.7. The van der Waals surface area contributed by atoms with Crippen molar-refractivity contribution in [3.63, 3.8) is 0 Å². The number of nitrogens with one attached hydrogen (secondary N) is 2. The lowest BCUT2D eigenvalue weighted by Gasteiger charge is -2.16. The van der Waals surface area contributed by atoms with Crippen molar-refractivity contribution in [1.29, 1.82) is 5.26 Å². The van der Waals surface area contributed by atoms with Crippen LogP contribution in [0.3, 0.4) is 0 Å². The van der Waals surface area contributed by atoms with Gasteiger partial charge in [0.05, 0.1) is 28.1 Å². The minimum absolute atomic E-state index is 0.0327. The number of carbonyl (C=O) groups excluding carboxylic acids is 1. The summed E-state index contributed by atoms with van der Waals surface area (Å²) in [6.07, 6.45) is 0. The summed E-state index contributed by atoms with van der Waals surface area (Å²) in [5, 5.41) is 23.1. The van der Waals surface area contributed by atoms with Gasteiger partial charge in [-0.3, -0.25) is 4.79 Å². The summed E-state index contributed by atoms with van der Waals surface area (Å²) in [7, 11) is 0. The van der Waals surface area contributed by atoms with Gasteiger partial charge in [-0.1, -0.05) is 48.0 Å². The van der Waals surface area contributed by atoms with E-state index in [2.05, 4.69) is 35.7 Å². The molecule has 1 amide bonds. The molecule has 3 heterocycles. The van der Waals surface area contributed by atoms with E-state index in [0.717, 1.165) is 5.56 Å². The van der Waals surface area contributed by atoms with Crippen molar-refractivity contribution in [1.82, 2.24) is 35.7 Å². The van der Waals surface area contributed by atoms with E-state index in [1.54, 1.807) is 37.3 Å². The topological polar surface area (TPSA) is 159 Å². The molecule has 10 nitrogen and oxygen atoms in total. The molecule has 0 fully saturated rings. The van der Waals surface area contributed by atoms with E-state index < -0.39 is 11.9 Å². The first-order chi connectivity index (χ1) is 17.4. The Hall–Kier alpha value is -4.88. The monoisotopic (exact) mass is 495 g/mol. The highest BCUT2D eigenvalue weighted by Crippen LogP contribution is 2.34. The Labute approximate surface area is 210 Å². The molecule has 0 saturated heterocycles. The average Bonchev–Trinajstić information content (AvgIpc) is 3.38. The summed E-state index contributed by atoms with van der Waals surface area (Å²) >= 11 is 6.44. The maximum atomic E-state index is 13.2. The van der Waals surface area contributed by atoms with Crippen LogP contribution in [-0.2, 0) is 0 Å². The molecule has 0 spiro atoms. The lowest BCUT2D eigenvalue weighted by atomic mass is 10.0. The van der Waals surface area contributed by atoms with Crippen LogP contribution < -0.4 is 11.1 Å².